The summed E-state index contributed by atoms with van der Waals surface area (Å²) in [6.07, 6.45) is 3.36. The van der Waals surface area contributed by atoms with Crippen molar-refractivity contribution in [3.63, 3.8) is 0 Å². The molecule has 0 N–H and O–H groups in total. The predicted molar refractivity (Wildman–Crippen MR) is 63.2 cm³/mol. The van der Waals surface area contributed by atoms with Gasteiger partial charge in [0.25, 0.3) is 0 Å². The molecule has 0 bridgehead atoms. The minimum absolute atomic E-state index is 0.309. The molecule has 2 aromatic rings. The van der Waals surface area contributed by atoms with Crippen LogP contribution in [-0.4, -0.2) is 0 Å². The number of fused-ring (bicyclic) bond motifs is 1. The third-order valence-corrected chi connectivity index (χ3v) is 2.99. The maximum atomic E-state index is 13.7. The molecule has 0 aromatic heterocycles. The number of halogens is 3. The Morgan fingerprint density at radius 2 is 1.50 bits per heavy atom. The number of hydrogen-bond donors (Lipinski definition) is 0. The van der Waals surface area contributed by atoms with E-state index >= 15 is 0 Å². The number of hydrogen-bond acceptors (Lipinski definition) is 0. The monoisotopic (exact) mass is 245 g/mol. The fourth-order valence-electron chi connectivity index (χ4n) is 2.14. The Morgan fingerprint density at radius 3 is 2.33 bits per heavy atom. The van der Waals surface area contributed by atoms with Crippen molar-refractivity contribution >= 4 is 5.57 Å². The lowest BCUT2D eigenvalue weighted by Crippen LogP contribution is -1.98. The minimum atomic E-state index is -1.15. The van der Waals surface area contributed by atoms with E-state index in [1.165, 1.54) is 0 Å². The molecule has 3 heteroatoms. The molecule has 0 aliphatic heterocycles. The Labute approximate surface area is 102 Å². The van der Waals surface area contributed by atoms with Gasteiger partial charge >= 0.3 is 0 Å². The Morgan fingerprint density at radius 1 is 0.778 bits per heavy atom. The van der Waals surface area contributed by atoms with Gasteiger partial charge in [-0.15, -0.1) is 0 Å². The van der Waals surface area contributed by atoms with E-state index in [4.69, 9.17) is 0 Å². The third-order valence-electron chi connectivity index (χ3n) is 2.99. The summed E-state index contributed by atoms with van der Waals surface area (Å²) in [6.45, 7) is 0. The van der Waals surface area contributed by atoms with Crippen molar-refractivity contribution in [3.8, 4) is 0 Å². The average Bonchev–Trinajstić information content (AvgIpc) is 2.79. The molecular formula is C15H8F3. The van der Waals surface area contributed by atoms with Crippen LogP contribution in [0.3, 0.4) is 0 Å². The Kier molecular flexibility index (Phi) is 2.47. The fraction of sp³-hybridized carbons (Fsp3) is 0. The maximum absolute atomic E-state index is 13.7. The molecule has 1 aliphatic rings. The van der Waals surface area contributed by atoms with Crippen LogP contribution < -0.4 is 0 Å². The lowest BCUT2D eigenvalue weighted by molar-refractivity contribution is 0.491. The highest BCUT2D eigenvalue weighted by atomic mass is 19.2. The molecule has 0 amide bonds. The zero-order chi connectivity index (χ0) is 12.7. The van der Waals surface area contributed by atoms with Crippen LogP contribution in [0, 0.1) is 23.9 Å². The first-order chi connectivity index (χ1) is 8.68. The smallest absolute Gasteiger partial charge is 0.169 e. The Bertz CT molecular complexity index is 657. The van der Waals surface area contributed by atoms with Crippen LogP contribution in [0.2, 0.25) is 0 Å². The highest BCUT2D eigenvalue weighted by Gasteiger charge is 2.23. The summed E-state index contributed by atoms with van der Waals surface area (Å²) in [6, 6.07) is 8.95. The Hall–Kier alpha value is -2.03. The van der Waals surface area contributed by atoms with Crippen LogP contribution in [-0.2, 0) is 0 Å². The molecular weight excluding hydrogens is 237 g/mol. The van der Waals surface area contributed by atoms with Gasteiger partial charge in [0.05, 0.1) is 5.56 Å². The lowest BCUT2D eigenvalue weighted by atomic mass is 9.98. The normalized spacial score (nSPS) is 13.4. The first-order valence-corrected chi connectivity index (χ1v) is 5.47. The quantitative estimate of drug-likeness (QED) is 0.663. The van der Waals surface area contributed by atoms with E-state index in [0.717, 1.165) is 17.7 Å². The van der Waals surface area contributed by atoms with Gasteiger partial charge in [0.1, 0.15) is 5.82 Å². The highest BCUT2D eigenvalue weighted by Crippen LogP contribution is 2.36. The summed E-state index contributed by atoms with van der Waals surface area (Å²) in [5.74, 6) is -2.95. The zero-order valence-electron chi connectivity index (χ0n) is 9.25. The van der Waals surface area contributed by atoms with Crippen molar-refractivity contribution in [2.24, 2.45) is 0 Å². The van der Waals surface area contributed by atoms with Gasteiger partial charge in [0.15, 0.2) is 11.6 Å². The SMILES string of the molecule is Fc1ccc(F)c(C2=C[CH]c3ccccc32)c1F. The summed E-state index contributed by atoms with van der Waals surface area (Å²) >= 11 is 0. The minimum Gasteiger partial charge on any atom is -0.206 e. The summed E-state index contributed by atoms with van der Waals surface area (Å²) < 4.78 is 40.7. The van der Waals surface area contributed by atoms with Gasteiger partial charge in [-0.1, -0.05) is 30.3 Å². The number of allylic oxidation sites excluding steroid dienone is 1. The van der Waals surface area contributed by atoms with E-state index in [1.54, 1.807) is 24.6 Å². The van der Waals surface area contributed by atoms with E-state index < -0.39 is 17.5 Å². The molecule has 0 saturated carbocycles. The van der Waals surface area contributed by atoms with E-state index in [9.17, 15) is 13.2 Å². The first kappa shape index (κ1) is 11.1. The van der Waals surface area contributed by atoms with Crippen LogP contribution in [0.5, 0.6) is 0 Å². The van der Waals surface area contributed by atoms with Gasteiger partial charge in [-0.3, -0.25) is 0 Å². The topological polar surface area (TPSA) is 0 Å². The molecule has 18 heavy (non-hydrogen) atoms. The van der Waals surface area contributed by atoms with Crippen molar-refractivity contribution in [1.82, 2.24) is 0 Å². The van der Waals surface area contributed by atoms with Gasteiger partial charge in [0, 0.05) is 6.42 Å². The molecule has 89 valence electrons. The molecule has 0 spiro atoms. The highest BCUT2D eigenvalue weighted by molar-refractivity contribution is 5.87. The predicted octanol–water partition coefficient (Wildman–Crippen LogP) is 4.10. The average molecular weight is 245 g/mol. The van der Waals surface area contributed by atoms with Gasteiger partial charge < -0.3 is 0 Å². The van der Waals surface area contributed by atoms with Crippen LogP contribution in [0.15, 0.2) is 42.5 Å². The van der Waals surface area contributed by atoms with Gasteiger partial charge in [-0.25, -0.2) is 13.2 Å². The summed E-state index contributed by atoms with van der Waals surface area (Å²) in [5.41, 5.74) is 1.65. The van der Waals surface area contributed by atoms with Crippen molar-refractivity contribution in [3.05, 3.63) is 83.0 Å². The standard InChI is InChI=1S/C15H8F3/c16-12-7-8-13(17)15(18)14(12)11-6-5-9-3-1-2-4-10(9)11/h1-8H. The molecule has 0 nitrogen and oxygen atoms in total. The van der Waals surface area contributed by atoms with Crippen LogP contribution in [0.4, 0.5) is 13.2 Å². The van der Waals surface area contributed by atoms with Gasteiger partial charge in [0.2, 0.25) is 0 Å². The Balaban J connectivity index is 2.22. The van der Waals surface area contributed by atoms with Crippen molar-refractivity contribution < 1.29 is 13.2 Å². The van der Waals surface area contributed by atoms with E-state index in [2.05, 4.69) is 0 Å². The van der Waals surface area contributed by atoms with Crippen molar-refractivity contribution in [2.45, 2.75) is 0 Å². The van der Waals surface area contributed by atoms with Crippen molar-refractivity contribution in [1.29, 1.82) is 0 Å². The molecule has 3 rings (SSSR count). The molecule has 2 aromatic carbocycles. The summed E-state index contributed by atoms with van der Waals surface area (Å²) in [4.78, 5) is 0. The molecule has 0 heterocycles. The zero-order valence-corrected chi connectivity index (χ0v) is 9.25. The van der Waals surface area contributed by atoms with Gasteiger partial charge in [-0.2, -0.15) is 0 Å². The molecule has 1 aliphatic carbocycles. The van der Waals surface area contributed by atoms with Crippen LogP contribution >= 0.6 is 0 Å². The number of benzene rings is 2. The second-order valence-corrected chi connectivity index (χ2v) is 4.05. The van der Waals surface area contributed by atoms with Crippen molar-refractivity contribution in [2.75, 3.05) is 0 Å². The third kappa shape index (κ3) is 1.55. The maximum Gasteiger partial charge on any atom is 0.169 e. The molecule has 0 atom stereocenters. The number of rotatable bonds is 1. The largest absolute Gasteiger partial charge is 0.206 e. The molecule has 1 radical (unpaired) electrons. The van der Waals surface area contributed by atoms with Crippen LogP contribution in [0.25, 0.3) is 5.57 Å². The molecule has 0 unspecified atom stereocenters. The first-order valence-electron chi connectivity index (χ1n) is 5.47. The summed E-state index contributed by atoms with van der Waals surface area (Å²) in [7, 11) is 0. The second kappa shape index (κ2) is 4.02. The van der Waals surface area contributed by atoms with E-state index in [-0.39, 0.29) is 5.56 Å². The van der Waals surface area contributed by atoms with Gasteiger partial charge in [-0.05, 0) is 28.8 Å². The fourth-order valence-corrected chi connectivity index (χ4v) is 2.14. The molecule has 0 saturated heterocycles. The summed E-state index contributed by atoms with van der Waals surface area (Å²) in [5, 5.41) is 0. The van der Waals surface area contributed by atoms with E-state index in [1.807, 2.05) is 12.1 Å². The second-order valence-electron chi connectivity index (χ2n) is 4.05. The van der Waals surface area contributed by atoms with E-state index in [0.29, 0.717) is 11.1 Å². The van der Waals surface area contributed by atoms with Crippen LogP contribution in [0.1, 0.15) is 16.7 Å². The molecule has 0 fully saturated rings. The lowest BCUT2D eigenvalue weighted by Gasteiger charge is -2.09.